The van der Waals surface area contributed by atoms with Gasteiger partial charge in [-0.3, -0.25) is 4.68 Å². The molecule has 1 heterocycles. The first-order chi connectivity index (χ1) is 9.69. The van der Waals surface area contributed by atoms with Crippen molar-refractivity contribution in [2.24, 2.45) is 7.05 Å². The van der Waals surface area contributed by atoms with Crippen molar-refractivity contribution in [3.63, 3.8) is 0 Å². The van der Waals surface area contributed by atoms with Crippen molar-refractivity contribution in [2.45, 2.75) is 78.2 Å². The summed E-state index contributed by atoms with van der Waals surface area (Å²) in [4.78, 5) is 0. The average Bonchev–Trinajstić information content (AvgIpc) is 2.76. The molecule has 0 spiro atoms. The monoisotopic (exact) mass is 279 g/mol. The first-order valence-electron chi connectivity index (χ1n) is 8.42. The van der Waals surface area contributed by atoms with Crippen LogP contribution in [-0.2, 0) is 7.05 Å². The average molecular weight is 279 g/mol. The fraction of sp³-hybridized carbons (Fsp3) is 0.824. The van der Waals surface area contributed by atoms with E-state index in [9.17, 15) is 0 Å². The maximum atomic E-state index is 4.49. The van der Waals surface area contributed by atoms with Crippen molar-refractivity contribution in [3.8, 4) is 0 Å². The molecular formula is C17H33N3. The van der Waals surface area contributed by atoms with Crippen LogP contribution in [0.4, 0.5) is 0 Å². The molecule has 1 unspecified atom stereocenters. The lowest BCUT2D eigenvalue weighted by molar-refractivity contribution is 0.465. The second-order valence-electron chi connectivity index (χ2n) is 5.91. The molecule has 1 rings (SSSR count). The Labute approximate surface area is 125 Å². The molecule has 3 nitrogen and oxygen atoms in total. The summed E-state index contributed by atoms with van der Waals surface area (Å²) in [5, 5.41) is 8.17. The molecule has 3 heteroatoms. The maximum absolute atomic E-state index is 4.49. The molecule has 20 heavy (non-hydrogen) atoms. The SMILES string of the molecule is CCCCCCCCC(NCCC)c1cn(C)nc1C. The van der Waals surface area contributed by atoms with Crippen LogP contribution in [-0.4, -0.2) is 16.3 Å². The molecule has 0 saturated carbocycles. The lowest BCUT2D eigenvalue weighted by Crippen LogP contribution is -2.22. The second-order valence-corrected chi connectivity index (χ2v) is 5.91. The summed E-state index contributed by atoms with van der Waals surface area (Å²) in [7, 11) is 2.01. The van der Waals surface area contributed by atoms with Crippen LogP contribution in [0.15, 0.2) is 6.20 Å². The van der Waals surface area contributed by atoms with Gasteiger partial charge in [-0.2, -0.15) is 5.10 Å². The highest BCUT2D eigenvalue weighted by Crippen LogP contribution is 2.22. The summed E-state index contributed by atoms with van der Waals surface area (Å²) >= 11 is 0. The number of nitrogens with zero attached hydrogens (tertiary/aromatic N) is 2. The largest absolute Gasteiger partial charge is 0.310 e. The van der Waals surface area contributed by atoms with Crippen molar-refractivity contribution in [1.29, 1.82) is 0 Å². The molecule has 0 radical (unpaired) electrons. The third-order valence-electron chi connectivity index (χ3n) is 3.91. The Balaban J connectivity index is 2.42. The van der Waals surface area contributed by atoms with Crippen LogP contribution in [0.25, 0.3) is 0 Å². The zero-order valence-electron chi connectivity index (χ0n) is 13.9. The van der Waals surface area contributed by atoms with Gasteiger partial charge in [0.25, 0.3) is 0 Å². The van der Waals surface area contributed by atoms with Gasteiger partial charge in [-0.25, -0.2) is 0 Å². The van der Waals surface area contributed by atoms with Crippen LogP contribution in [0, 0.1) is 6.92 Å². The number of rotatable bonds is 11. The van der Waals surface area contributed by atoms with Crippen LogP contribution in [0.2, 0.25) is 0 Å². The van der Waals surface area contributed by atoms with Crippen LogP contribution in [0.3, 0.4) is 0 Å². The Bertz CT molecular complexity index is 357. The minimum Gasteiger partial charge on any atom is -0.310 e. The summed E-state index contributed by atoms with van der Waals surface area (Å²) in [5.74, 6) is 0. The van der Waals surface area contributed by atoms with E-state index < -0.39 is 0 Å². The Morgan fingerprint density at radius 3 is 2.40 bits per heavy atom. The van der Waals surface area contributed by atoms with Gasteiger partial charge in [-0.1, -0.05) is 52.4 Å². The van der Waals surface area contributed by atoms with Gasteiger partial charge in [0.15, 0.2) is 0 Å². The molecule has 0 saturated heterocycles. The van der Waals surface area contributed by atoms with Crippen LogP contribution >= 0.6 is 0 Å². The van der Waals surface area contributed by atoms with Gasteiger partial charge < -0.3 is 5.32 Å². The Kier molecular flexibility index (Phi) is 8.59. The fourth-order valence-electron chi connectivity index (χ4n) is 2.77. The van der Waals surface area contributed by atoms with E-state index in [0.717, 1.165) is 6.54 Å². The van der Waals surface area contributed by atoms with Crippen LogP contribution < -0.4 is 5.32 Å². The molecule has 1 aromatic rings. The molecule has 0 aliphatic rings. The van der Waals surface area contributed by atoms with E-state index in [-0.39, 0.29) is 0 Å². The van der Waals surface area contributed by atoms with Crippen molar-refractivity contribution in [2.75, 3.05) is 6.54 Å². The standard InChI is InChI=1S/C17H33N3/c1-5-7-8-9-10-11-12-17(18-13-6-2)16-14-20(4)19-15(16)3/h14,17-18H,5-13H2,1-4H3. The molecular weight excluding hydrogens is 246 g/mol. The van der Waals surface area contributed by atoms with E-state index in [1.54, 1.807) is 0 Å². The molecule has 1 aromatic heterocycles. The van der Waals surface area contributed by atoms with Crippen molar-refractivity contribution < 1.29 is 0 Å². The van der Waals surface area contributed by atoms with E-state index in [0.29, 0.717) is 6.04 Å². The van der Waals surface area contributed by atoms with Gasteiger partial charge in [0.05, 0.1) is 5.69 Å². The lowest BCUT2D eigenvalue weighted by Gasteiger charge is -2.18. The Morgan fingerprint density at radius 1 is 1.10 bits per heavy atom. The topological polar surface area (TPSA) is 29.9 Å². The van der Waals surface area contributed by atoms with Crippen LogP contribution in [0.5, 0.6) is 0 Å². The summed E-state index contributed by atoms with van der Waals surface area (Å²) in [5.41, 5.74) is 2.56. The van der Waals surface area contributed by atoms with Gasteiger partial charge in [-0.15, -0.1) is 0 Å². The normalized spacial score (nSPS) is 12.8. The predicted octanol–water partition coefficient (Wildman–Crippen LogP) is 4.52. The highest BCUT2D eigenvalue weighted by atomic mass is 15.3. The van der Waals surface area contributed by atoms with Gasteiger partial charge >= 0.3 is 0 Å². The van der Waals surface area contributed by atoms with E-state index in [4.69, 9.17) is 0 Å². The molecule has 0 amide bonds. The van der Waals surface area contributed by atoms with Gasteiger partial charge in [0.1, 0.15) is 0 Å². The molecule has 0 aromatic carbocycles. The minimum atomic E-state index is 0.481. The number of hydrogen-bond acceptors (Lipinski definition) is 2. The molecule has 0 aliphatic heterocycles. The van der Waals surface area contributed by atoms with Crippen LogP contribution in [0.1, 0.15) is 82.5 Å². The molecule has 1 atom stereocenters. The van der Waals surface area contributed by atoms with Crippen molar-refractivity contribution >= 4 is 0 Å². The number of unbranched alkanes of at least 4 members (excludes halogenated alkanes) is 5. The highest BCUT2D eigenvalue weighted by molar-refractivity contribution is 5.19. The van der Waals surface area contributed by atoms with Gasteiger partial charge in [0, 0.05) is 24.8 Å². The molecule has 0 fully saturated rings. The van der Waals surface area contributed by atoms with E-state index in [1.165, 1.54) is 62.6 Å². The highest BCUT2D eigenvalue weighted by Gasteiger charge is 2.15. The minimum absolute atomic E-state index is 0.481. The predicted molar refractivity (Wildman–Crippen MR) is 87.0 cm³/mol. The smallest absolute Gasteiger partial charge is 0.0641 e. The summed E-state index contributed by atoms with van der Waals surface area (Å²) in [6.45, 7) is 7.72. The fourth-order valence-corrected chi connectivity index (χ4v) is 2.77. The third-order valence-corrected chi connectivity index (χ3v) is 3.91. The maximum Gasteiger partial charge on any atom is 0.0641 e. The van der Waals surface area contributed by atoms with Crippen molar-refractivity contribution in [1.82, 2.24) is 15.1 Å². The quantitative estimate of drug-likeness (QED) is 0.604. The first-order valence-corrected chi connectivity index (χ1v) is 8.42. The lowest BCUT2D eigenvalue weighted by atomic mass is 10.00. The third kappa shape index (κ3) is 6.08. The molecule has 0 bridgehead atoms. The Morgan fingerprint density at radius 2 is 1.80 bits per heavy atom. The number of aryl methyl sites for hydroxylation is 2. The zero-order chi connectivity index (χ0) is 14.8. The Hall–Kier alpha value is -0.830. The van der Waals surface area contributed by atoms with Crippen molar-refractivity contribution in [3.05, 3.63) is 17.5 Å². The zero-order valence-corrected chi connectivity index (χ0v) is 13.9. The summed E-state index contributed by atoms with van der Waals surface area (Å²) < 4.78 is 1.94. The van der Waals surface area contributed by atoms with Gasteiger partial charge in [-0.05, 0) is 26.3 Å². The van der Waals surface area contributed by atoms with Gasteiger partial charge in [0.2, 0.25) is 0 Å². The molecule has 1 N–H and O–H groups in total. The molecule has 116 valence electrons. The van der Waals surface area contributed by atoms with E-state index in [1.807, 2.05) is 11.7 Å². The second kappa shape index (κ2) is 9.98. The summed E-state index contributed by atoms with van der Waals surface area (Å²) in [6, 6.07) is 0.481. The number of hydrogen-bond donors (Lipinski definition) is 1. The first kappa shape index (κ1) is 17.2. The number of aromatic nitrogens is 2. The summed E-state index contributed by atoms with van der Waals surface area (Å²) in [6.07, 6.45) is 12.8. The van der Waals surface area contributed by atoms with E-state index >= 15 is 0 Å². The number of nitrogens with one attached hydrogen (secondary N) is 1. The van der Waals surface area contributed by atoms with E-state index in [2.05, 4.69) is 37.4 Å². The molecule has 0 aliphatic carbocycles.